The van der Waals surface area contributed by atoms with Gasteiger partial charge in [0.15, 0.2) is 6.61 Å². The minimum atomic E-state index is -0.624. The Kier molecular flexibility index (Phi) is 5.93. The molecule has 0 aromatic heterocycles. The molecule has 0 unspecified atom stereocenters. The van der Waals surface area contributed by atoms with E-state index in [9.17, 15) is 14.4 Å². The molecule has 1 aliphatic carbocycles. The first-order chi connectivity index (χ1) is 13.5. The number of amides is 1. The summed E-state index contributed by atoms with van der Waals surface area (Å²) < 4.78 is 15.4. The summed E-state index contributed by atoms with van der Waals surface area (Å²) in [6, 6.07) is 11.1. The molecule has 0 saturated heterocycles. The van der Waals surface area contributed by atoms with E-state index >= 15 is 0 Å². The Morgan fingerprint density at radius 3 is 2.32 bits per heavy atom. The number of Topliss-reactive ketones (excluding diaryl/α,β-unsaturated/α-hetero) is 1. The van der Waals surface area contributed by atoms with Gasteiger partial charge in [0.1, 0.15) is 11.5 Å². The van der Waals surface area contributed by atoms with Crippen molar-refractivity contribution in [2.75, 3.05) is 26.1 Å². The van der Waals surface area contributed by atoms with Gasteiger partial charge < -0.3 is 19.5 Å². The van der Waals surface area contributed by atoms with Crippen molar-refractivity contribution in [2.45, 2.75) is 12.8 Å². The number of ether oxygens (including phenoxy) is 3. The second-order valence-electron chi connectivity index (χ2n) is 6.41. The van der Waals surface area contributed by atoms with Crippen LogP contribution in [0.3, 0.4) is 0 Å². The quantitative estimate of drug-likeness (QED) is 0.556. The van der Waals surface area contributed by atoms with E-state index < -0.39 is 12.6 Å². The number of methoxy groups -OCH3 is 2. The first-order valence-corrected chi connectivity index (χ1v) is 8.85. The zero-order valence-electron chi connectivity index (χ0n) is 15.7. The fourth-order valence-corrected chi connectivity index (χ4v) is 2.60. The van der Waals surface area contributed by atoms with Crippen molar-refractivity contribution in [1.82, 2.24) is 0 Å². The molecule has 3 rings (SSSR count). The van der Waals surface area contributed by atoms with Gasteiger partial charge in [-0.25, -0.2) is 4.79 Å². The Hall–Kier alpha value is -3.35. The third kappa shape index (κ3) is 4.68. The van der Waals surface area contributed by atoms with Crippen LogP contribution in [-0.2, 0) is 9.53 Å². The van der Waals surface area contributed by atoms with Crippen LogP contribution in [0.25, 0.3) is 0 Å². The van der Waals surface area contributed by atoms with Crippen LogP contribution in [-0.4, -0.2) is 38.5 Å². The molecule has 0 aliphatic heterocycles. The highest BCUT2D eigenvalue weighted by molar-refractivity contribution is 6.01. The van der Waals surface area contributed by atoms with E-state index in [4.69, 9.17) is 14.2 Å². The lowest BCUT2D eigenvalue weighted by Gasteiger charge is -2.10. The van der Waals surface area contributed by atoms with Gasteiger partial charge in [0, 0.05) is 17.7 Å². The largest absolute Gasteiger partial charge is 0.497 e. The number of anilines is 1. The van der Waals surface area contributed by atoms with Crippen molar-refractivity contribution < 1.29 is 28.6 Å². The molecule has 7 nitrogen and oxygen atoms in total. The van der Waals surface area contributed by atoms with Crippen LogP contribution in [0, 0.1) is 5.92 Å². The van der Waals surface area contributed by atoms with Crippen molar-refractivity contribution >= 4 is 23.3 Å². The second-order valence-corrected chi connectivity index (χ2v) is 6.41. The Morgan fingerprint density at radius 1 is 1.00 bits per heavy atom. The van der Waals surface area contributed by atoms with Gasteiger partial charge in [0.2, 0.25) is 11.7 Å². The molecular formula is C21H21NO6. The Morgan fingerprint density at radius 2 is 1.71 bits per heavy atom. The SMILES string of the molecule is COc1ccc(C(=O)COC(=O)c2ccc(NC(=O)C3CC3)cc2)c(OC)c1. The molecule has 0 spiro atoms. The molecule has 0 heterocycles. The smallest absolute Gasteiger partial charge is 0.338 e. The van der Waals surface area contributed by atoms with Gasteiger partial charge in [-0.3, -0.25) is 9.59 Å². The number of ketones is 1. The van der Waals surface area contributed by atoms with Crippen LogP contribution in [0.2, 0.25) is 0 Å². The summed E-state index contributed by atoms with van der Waals surface area (Å²) in [4.78, 5) is 36.3. The molecule has 7 heteroatoms. The van der Waals surface area contributed by atoms with Crippen LogP contribution in [0.1, 0.15) is 33.6 Å². The van der Waals surface area contributed by atoms with Crippen LogP contribution < -0.4 is 14.8 Å². The topological polar surface area (TPSA) is 90.9 Å². The molecule has 1 aliphatic rings. The van der Waals surface area contributed by atoms with E-state index in [1.807, 2.05) is 0 Å². The van der Waals surface area contributed by atoms with Gasteiger partial charge in [-0.05, 0) is 49.2 Å². The highest BCUT2D eigenvalue weighted by atomic mass is 16.5. The van der Waals surface area contributed by atoms with E-state index in [1.54, 1.807) is 42.5 Å². The molecule has 1 fully saturated rings. The van der Waals surface area contributed by atoms with Gasteiger partial charge >= 0.3 is 5.97 Å². The zero-order chi connectivity index (χ0) is 20.1. The molecule has 0 radical (unpaired) electrons. The average molecular weight is 383 g/mol. The normalized spacial score (nSPS) is 12.8. The van der Waals surface area contributed by atoms with Crippen molar-refractivity contribution in [3.8, 4) is 11.5 Å². The molecule has 0 bridgehead atoms. The third-order valence-corrected chi connectivity index (χ3v) is 4.38. The number of esters is 1. The zero-order valence-corrected chi connectivity index (χ0v) is 15.7. The van der Waals surface area contributed by atoms with Crippen molar-refractivity contribution in [2.24, 2.45) is 5.92 Å². The van der Waals surface area contributed by atoms with Crippen LogP contribution in [0.15, 0.2) is 42.5 Å². The molecule has 2 aromatic carbocycles. The molecule has 2 aromatic rings. The molecule has 28 heavy (non-hydrogen) atoms. The average Bonchev–Trinajstić information content (AvgIpc) is 3.57. The lowest BCUT2D eigenvalue weighted by Crippen LogP contribution is -2.15. The molecule has 1 saturated carbocycles. The van der Waals surface area contributed by atoms with Crippen LogP contribution in [0.5, 0.6) is 11.5 Å². The lowest BCUT2D eigenvalue weighted by atomic mass is 10.1. The van der Waals surface area contributed by atoms with E-state index in [-0.39, 0.29) is 17.6 Å². The van der Waals surface area contributed by atoms with Gasteiger partial charge in [-0.15, -0.1) is 0 Å². The highest BCUT2D eigenvalue weighted by Crippen LogP contribution is 2.30. The maximum Gasteiger partial charge on any atom is 0.338 e. The molecule has 1 N–H and O–H groups in total. The number of hydrogen-bond acceptors (Lipinski definition) is 6. The number of carbonyl (C=O) groups is 3. The Labute approximate surface area is 162 Å². The summed E-state index contributed by atoms with van der Waals surface area (Å²) in [6.07, 6.45) is 1.84. The standard InChI is InChI=1S/C21H21NO6/c1-26-16-9-10-17(19(11-16)27-2)18(23)12-28-21(25)14-5-7-15(8-6-14)22-20(24)13-3-4-13/h5-11,13H,3-4,12H2,1-2H3,(H,22,24). The predicted molar refractivity (Wildman–Crippen MR) is 102 cm³/mol. The summed E-state index contributed by atoms with van der Waals surface area (Å²) in [7, 11) is 2.96. The van der Waals surface area contributed by atoms with E-state index in [0.29, 0.717) is 28.3 Å². The summed E-state index contributed by atoms with van der Waals surface area (Å²) in [5.74, 6) is -0.0163. The minimum Gasteiger partial charge on any atom is -0.497 e. The van der Waals surface area contributed by atoms with E-state index in [1.165, 1.54) is 14.2 Å². The maximum absolute atomic E-state index is 12.4. The second kappa shape index (κ2) is 8.56. The maximum atomic E-state index is 12.4. The van der Waals surface area contributed by atoms with Crippen LogP contribution >= 0.6 is 0 Å². The Bertz CT molecular complexity index is 886. The number of rotatable bonds is 8. The summed E-state index contributed by atoms with van der Waals surface area (Å²) >= 11 is 0. The molecular weight excluding hydrogens is 362 g/mol. The summed E-state index contributed by atoms with van der Waals surface area (Å²) in [6.45, 7) is -0.415. The first kappa shape index (κ1) is 19.4. The fraction of sp³-hybridized carbons (Fsp3) is 0.286. The van der Waals surface area contributed by atoms with E-state index in [0.717, 1.165) is 12.8 Å². The first-order valence-electron chi connectivity index (χ1n) is 8.85. The van der Waals surface area contributed by atoms with Gasteiger partial charge in [-0.2, -0.15) is 0 Å². The third-order valence-electron chi connectivity index (χ3n) is 4.38. The van der Waals surface area contributed by atoms with Gasteiger partial charge in [0.05, 0.1) is 25.3 Å². The van der Waals surface area contributed by atoms with Gasteiger partial charge in [0.25, 0.3) is 0 Å². The summed E-state index contributed by atoms with van der Waals surface area (Å²) in [5.41, 5.74) is 1.21. The number of hydrogen-bond donors (Lipinski definition) is 1. The molecule has 146 valence electrons. The van der Waals surface area contributed by atoms with E-state index in [2.05, 4.69) is 5.32 Å². The van der Waals surface area contributed by atoms with Crippen LogP contribution in [0.4, 0.5) is 5.69 Å². The highest BCUT2D eigenvalue weighted by Gasteiger charge is 2.29. The van der Waals surface area contributed by atoms with Crippen molar-refractivity contribution in [3.63, 3.8) is 0 Å². The summed E-state index contributed by atoms with van der Waals surface area (Å²) in [5, 5.41) is 2.79. The molecule has 1 amide bonds. The predicted octanol–water partition coefficient (Wildman–Crippen LogP) is 3.09. The fourth-order valence-electron chi connectivity index (χ4n) is 2.60. The monoisotopic (exact) mass is 383 g/mol. The number of carbonyl (C=O) groups excluding carboxylic acids is 3. The Balaban J connectivity index is 1.57. The lowest BCUT2D eigenvalue weighted by molar-refractivity contribution is -0.117. The minimum absolute atomic E-state index is 0.00522. The molecule has 0 atom stereocenters. The van der Waals surface area contributed by atoms with Crippen molar-refractivity contribution in [3.05, 3.63) is 53.6 Å². The van der Waals surface area contributed by atoms with Gasteiger partial charge in [-0.1, -0.05) is 0 Å². The number of benzene rings is 2. The number of nitrogens with one attached hydrogen (secondary N) is 1. The van der Waals surface area contributed by atoms with Crippen molar-refractivity contribution in [1.29, 1.82) is 0 Å².